The maximum absolute atomic E-state index is 5.19. The van der Waals surface area contributed by atoms with E-state index < -0.39 is 0 Å². The summed E-state index contributed by atoms with van der Waals surface area (Å²) in [6.45, 7) is 3.56. The van der Waals surface area contributed by atoms with E-state index in [1.165, 1.54) is 11.8 Å². The number of allylic oxidation sites excluding steroid dienone is 1. The van der Waals surface area contributed by atoms with Crippen molar-refractivity contribution in [3.8, 4) is 0 Å². The first-order valence-corrected chi connectivity index (χ1v) is 3.70. The van der Waals surface area contributed by atoms with Crippen LogP contribution < -0.4 is 5.73 Å². The van der Waals surface area contributed by atoms with Gasteiger partial charge in [0.1, 0.15) is 4.32 Å². The van der Waals surface area contributed by atoms with Crippen LogP contribution in [0.1, 0.15) is 6.42 Å². The lowest BCUT2D eigenvalue weighted by atomic mass is 10.5. The summed E-state index contributed by atoms with van der Waals surface area (Å²) in [6.07, 6.45) is 2.83. The van der Waals surface area contributed by atoms with Gasteiger partial charge in [0.15, 0.2) is 0 Å². The Morgan fingerprint density at radius 2 is 2.50 bits per heavy atom. The third-order valence-electron chi connectivity index (χ3n) is 0.566. The second-order valence-electron chi connectivity index (χ2n) is 1.24. The minimum atomic E-state index is 0.520. The average Bonchev–Trinajstić information content (AvgIpc) is 1.66. The molecule has 0 aromatic carbocycles. The summed E-state index contributed by atoms with van der Waals surface area (Å²) in [5.41, 5.74) is 5.19. The van der Waals surface area contributed by atoms with Crippen molar-refractivity contribution in [2.75, 3.05) is 5.75 Å². The second-order valence-corrected chi connectivity index (χ2v) is 3.08. The van der Waals surface area contributed by atoms with Crippen molar-refractivity contribution >= 4 is 28.3 Å². The van der Waals surface area contributed by atoms with Gasteiger partial charge in [0.25, 0.3) is 0 Å². The highest BCUT2D eigenvalue weighted by Crippen LogP contribution is 2.01. The van der Waals surface area contributed by atoms with Crippen LogP contribution in [0.5, 0.6) is 0 Å². The van der Waals surface area contributed by atoms with Gasteiger partial charge in [-0.1, -0.05) is 30.1 Å². The summed E-state index contributed by atoms with van der Waals surface area (Å²) < 4.78 is 0.520. The first-order valence-electron chi connectivity index (χ1n) is 2.30. The Labute approximate surface area is 59.3 Å². The van der Waals surface area contributed by atoms with Gasteiger partial charge in [0.2, 0.25) is 0 Å². The monoisotopic (exact) mass is 147 g/mol. The lowest BCUT2D eigenvalue weighted by Gasteiger charge is -1.91. The fourth-order valence-electron chi connectivity index (χ4n) is 0.243. The molecule has 0 saturated heterocycles. The van der Waals surface area contributed by atoms with Crippen molar-refractivity contribution in [1.82, 2.24) is 0 Å². The van der Waals surface area contributed by atoms with Crippen LogP contribution in [0.25, 0.3) is 0 Å². The van der Waals surface area contributed by atoms with Crippen molar-refractivity contribution in [2.45, 2.75) is 6.42 Å². The molecule has 0 amide bonds. The molecule has 1 nitrogen and oxygen atoms in total. The molecule has 0 rings (SSSR count). The van der Waals surface area contributed by atoms with Gasteiger partial charge < -0.3 is 5.73 Å². The summed E-state index contributed by atoms with van der Waals surface area (Å²) >= 11 is 6.11. The van der Waals surface area contributed by atoms with Gasteiger partial charge in [0.05, 0.1) is 0 Å². The van der Waals surface area contributed by atoms with E-state index in [0.717, 1.165) is 12.2 Å². The van der Waals surface area contributed by atoms with E-state index in [-0.39, 0.29) is 0 Å². The smallest absolute Gasteiger partial charge is 0.131 e. The Morgan fingerprint density at radius 3 is 2.88 bits per heavy atom. The third kappa shape index (κ3) is 5.98. The van der Waals surface area contributed by atoms with Crippen LogP contribution in [-0.2, 0) is 0 Å². The summed E-state index contributed by atoms with van der Waals surface area (Å²) in [6, 6.07) is 0. The summed E-state index contributed by atoms with van der Waals surface area (Å²) in [7, 11) is 0. The molecule has 0 aromatic rings. The van der Waals surface area contributed by atoms with E-state index in [2.05, 4.69) is 18.8 Å². The molecule has 0 atom stereocenters. The molecule has 0 aliphatic heterocycles. The van der Waals surface area contributed by atoms with E-state index in [1.54, 1.807) is 0 Å². The fraction of sp³-hybridized carbons (Fsp3) is 0.400. The fourth-order valence-corrected chi connectivity index (χ4v) is 0.979. The number of thioether (sulfide) groups is 1. The Balaban J connectivity index is 2.93. The zero-order chi connectivity index (χ0) is 6.41. The zero-order valence-corrected chi connectivity index (χ0v) is 6.23. The first kappa shape index (κ1) is 7.98. The maximum Gasteiger partial charge on any atom is 0.131 e. The van der Waals surface area contributed by atoms with Gasteiger partial charge in [-0.15, -0.1) is 6.58 Å². The van der Waals surface area contributed by atoms with E-state index in [9.17, 15) is 0 Å². The number of nitrogens with two attached hydrogens (primary N) is 1. The standard InChI is InChI=1S/C5H9NS2/c1-2-3-4-8-5(6)7/h2H,1,3-4H2,(H2,6,7). The second kappa shape index (κ2) is 5.12. The van der Waals surface area contributed by atoms with Crippen molar-refractivity contribution < 1.29 is 0 Å². The van der Waals surface area contributed by atoms with E-state index in [4.69, 9.17) is 5.73 Å². The molecule has 2 N–H and O–H groups in total. The van der Waals surface area contributed by atoms with Crippen LogP contribution in [0.2, 0.25) is 0 Å². The zero-order valence-electron chi connectivity index (χ0n) is 4.59. The molecule has 46 valence electrons. The van der Waals surface area contributed by atoms with Gasteiger partial charge in [-0.25, -0.2) is 0 Å². The van der Waals surface area contributed by atoms with Gasteiger partial charge in [-0.2, -0.15) is 0 Å². The highest BCUT2D eigenvalue weighted by Gasteiger charge is 1.85. The largest absolute Gasteiger partial charge is 0.385 e. The minimum absolute atomic E-state index is 0.520. The molecule has 0 heterocycles. The lowest BCUT2D eigenvalue weighted by Crippen LogP contribution is -2.01. The van der Waals surface area contributed by atoms with Crippen molar-refractivity contribution in [2.24, 2.45) is 5.73 Å². The summed E-state index contributed by atoms with van der Waals surface area (Å²) in [4.78, 5) is 0. The molecule has 3 heteroatoms. The third-order valence-corrected chi connectivity index (χ3v) is 1.64. The maximum atomic E-state index is 5.19. The Kier molecular flexibility index (Phi) is 5.11. The molecule has 0 aliphatic carbocycles. The van der Waals surface area contributed by atoms with E-state index in [1.807, 2.05) is 6.08 Å². The number of thiocarbonyl (C=S) groups is 1. The van der Waals surface area contributed by atoms with Crippen LogP contribution >= 0.6 is 24.0 Å². The molecule has 0 bridgehead atoms. The molecule has 0 aromatic heterocycles. The van der Waals surface area contributed by atoms with Crippen molar-refractivity contribution in [3.05, 3.63) is 12.7 Å². The summed E-state index contributed by atoms with van der Waals surface area (Å²) in [5.74, 6) is 0.957. The van der Waals surface area contributed by atoms with Crippen molar-refractivity contribution in [1.29, 1.82) is 0 Å². The van der Waals surface area contributed by atoms with Crippen LogP contribution in [0.3, 0.4) is 0 Å². The predicted octanol–water partition coefficient (Wildman–Crippen LogP) is 1.54. The highest BCUT2D eigenvalue weighted by atomic mass is 32.2. The highest BCUT2D eigenvalue weighted by molar-refractivity contribution is 8.22. The first-order chi connectivity index (χ1) is 3.77. The van der Waals surface area contributed by atoms with Crippen LogP contribution in [0.15, 0.2) is 12.7 Å². The molecular formula is C5H9NS2. The molecule has 0 radical (unpaired) electrons. The lowest BCUT2D eigenvalue weighted by molar-refractivity contribution is 1.26. The minimum Gasteiger partial charge on any atom is -0.385 e. The molecule has 0 unspecified atom stereocenters. The van der Waals surface area contributed by atoms with Gasteiger partial charge in [0, 0.05) is 5.75 Å². The molecule has 0 saturated carbocycles. The molecule has 0 aliphatic rings. The normalized spacial score (nSPS) is 8.50. The van der Waals surface area contributed by atoms with Crippen LogP contribution in [0, 0.1) is 0 Å². The van der Waals surface area contributed by atoms with Crippen LogP contribution in [0.4, 0.5) is 0 Å². The molecule has 0 spiro atoms. The summed E-state index contributed by atoms with van der Waals surface area (Å²) in [5, 5.41) is 0. The van der Waals surface area contributed by atoms with Gasteiger partial charge >= 0.3 is 0 Å². The Hall–Kier alpha value is -0.0200. The van der Waals surface area contributed by atoms with E-state index >= 15 is 0 Å². The Bertz CT molecular complexity index is 90.4. The number of hydrogen-bond donors (Lipinski definition) is 1. The van der Waals surface area contributed by atoms with Gasteiger partial charge in [-0.05, 0) is 6.42 Å². The number of rotatable bonds is 3. The predicted molar refractivity (Wildman–Crippen MR) is 44.1 cm³/mol. The SMILES string of the molecule is C=CCCSC(N)=S. The van der Waals surface area contributed by atoms with Crippen LogP contribution in [-0.4, -0.2) is 10.1 Å². The topological polar surface area (TPSA) is 26.0 Å². The van der Waals surface area contributed by atoms with Crippen molar-refractivity contribution in [3.63, 3.8) is 0 Å². The van der Waals surface area contributed by atoms with E-state index in [0.29, 0.717) is 4.32 Å². The number of hydrogen-bond acceptors (Lipinski definition) is 2. The Morgan fingerprint density at radius 1 is 1.88 bits per heavy atom. The molecule has 8 heavy (non-hydrogen) atoms. The quantitative estimate of drug-likeness (QED) is 0.372. The molecular weight excluding hydrogens is 138 g/mol. The van der Waals surface area contributed by atoms with Gasteiger partial charge in [-0.3, -0.25) is 0 Å². The average molecular weight is 147 g/mol. The molecule has 0 fully saturated rings.